The fourth-order valence-corrected chi connectivity index (χ4v) is 2.51. The number of amides is 2. The van der Waals surface area contributed by atoms with Crippen molar-refractivity contribution < 1.29 is 23.5 Å². The third kappa shape index (κ3) is 4.17. The van der Waals surface area contributed by atoms with Gasteiger partial charge in [-0.1, -0.05) is 0 Å². The van der Waals surface area contributed by atoms with Gasteiger partial charge < -0.3 is 10.4 Å². The van der Waals surface area contributed by atoms with E-state index in [1.54, 1.807) is 20.8 Å². The molecule has 2 amide bonds. The molecule has 0 atom stereocenters. The topological polar surface area (TPSA) is 69.6 Å². The highest BCUT2D eigenvalue weighted by Crippen LogP contribution is 2.28. The summed E-state index contributed by atoms with van der Waals surface area (Å²) in [7, 11) is 0. The van der Waals surface area contributed by atoms with Crippen molar-refractivity contribution in [1.82, 2.24) is 0 Å². The van der Waals surface area contributed by atoms with Gasteiger partial charge in [-0.2, -0.15) is 0 Å². The molecule has 0 fully saturated rings. The fourth-order valence-electron chi connectivity index (χ4n) is 2.51. The largest absolute Gasteiger partial charge is 0.465 e. The zero-order valence-corrected chi connectivity index (χ0v) is 14.9. The minimum Gasteiger partial charge on any atom is -0.465 e. The minimum atomic E-state index is -1.20. The number of carbonyl (C=O) groups excluding carboxylic acids is 1. The Morgan fingerprint density at radius 3 is 2.19 bits per heavy atom. The van der Waals surface area contributed by atoms with Gasteiger partial charge in [0, 0.05) is 16.8 Å². The summed E-state index contributed by atoms with van der Waals surface area (Å²) in [6.07, 6.45) is -1.20. The third-order valence-corrected chi connectivity index (χ3v) is 3.74. The summed E-state index contributed by atoms with van der Waals surface area (Å²) in [4.78, 5) is 25.0. The number of carboxylic acid groups (broad SMARTS) is 1. The lowest BCUT2D eigenvalue weighted by atomic mass is 10.1. The summed E-state index contributed by atoms with van der Waals surface area (Å²) >= 11 is 0. The van der Waals surface area contributed by atoms with Crippen LogP contribution in [0.2, 0.25) is 0 Å². The first-order chi connectivity index (χ1) is 12.0. The van der Waals surface area contributed by atoms with Gasteiger partial charge in [-0.3, -0.25) is 9.69 Å². The number of benzene rings is 2. The molecule has 0 aliphatic carbocycles. The van der Waals surface area contributed by atoms with Gasteiger partial charge in [-0.15, -0.1) is 0 Å². The van der Waals surface area contributed by atoms with E-state index in [1.807, 2.05) is 0 Å². The molecule has 0 saturated heterocycles. The van der Waals surface area contributed by atoms with Crippen LogP contribution < -0.4 is 10.2 Å². The van der Waals surface area contributed by atoms with Crippen LogP contribution in [-0.4, -0.2) is 22.6 Å². The fraction of sp³-hybridized carbons (Fsp3) is 0.263. The molecule has 0 saturated carbocycles. The van der Waals surface area contributed by atoms with Crippen molar-refractivity contribution in [3.63, 3.8) is 0 Å². The van der Waals surface area contributed by atoms with E-state index in [0.717, 1.165) is 17.0 Å². The lowest BCUT2D eigenvalue weighted by Gasteiger charge is -2.33. The van der Waals surface area contributed by atoms with Crippen LogP contribution in [0.15, 0.2) is 36.4 Å². The van der Waals surface area contributed by atoms with Crippen LogP contribution in [0.25, 0.3) is 0 Å². The van der Waals surface area contributed by atoms with Crippen LogP contribution in [0.3, 0.4) is 0 Å². The van der Waals surface area contributed by atoms with E-state index in [2.05, 4.69) is 5.32 Å². The monoisotopic (exact) mass is 362 g/mol. The first-order valence-corrected chi connectivity index (χ1v) is 7.91. The lowest BCUT2D eigenvalue weighted by molar-refractivity contribution is 0.102. The second-order valence-electron chi connectivity index (χ2n) is 6.87. The molecule has 0 heterocycles. The summed E-state index contributed by atoms with van der Waals surface area (Å²) in [6, 6.07) is 7.46. The highest BCUT2D eigenvalue weighted by Gasteiger charge is 2.28. The third-order valence-electron chi connectivity index (χ3n) is 3.74. The van der Waals surface area contributed by atoms with Crippen molar-refractivity contribution in [3.05, 3.63) is 59.2 Å². The van der Waals surface area contributed by atoms with E-state index < -0.39 is 29.2 Å². The number of rotatable bonds is 3. The van der Waals surface area contributed by atoms with Crippen molar-refractivity contribution in [2.75, 3.05) is 10.2 Å². The molecule has 2 N–H and O–H groups in total. The minimum absolute atomic E-state index is 0.162. The second-order valence-corrected chi connectivity index (χ2v) is 6.87. The van der Waals surface area contributed by atoms with Gasteiger partial charge in [0.15, 0.2) is 0 Å². The predicted octanol–water partition coefficient (Wildman–Crippen LogP) is 4.81. The number of anilines is 2. The van der Waals surface area contributed by atoms with Gasteiger partial charge >= 0.3 is 6.09 Å². The summed E-state index contributed by atoms with van der Waals surface area (Å²) < 4.78 is 27.4. The predicted molar refractivity (Wildman–Crippen MR) is 95.7 cm³/mol. The summed E-state index contributed by atoms with van der Waals surface area (Å²) in [6.45, 7) is 6.61. The quantitative estimate of drug-likeness (QED) is 0.823. The number of nitrogens with one attached hydrogen (secondary N) is 1. The highest BCUT2D eigenvalue weighted by atomic mass is 19.1. The molecule has 2 aromatic carbocycles. The number of aryl methyl sites for hydroxylation is 1. The van der Waals surface area contributed by atoms with Gasteiger partial charge in [0.05, 0.1) is 5.69 Å². The SMILES string of the molecule is Cc1cc(C(=O)Nc2cc(N(C(=O)O)C(C)(C)C)ccc2F)ccc1F. The van der Waals surface area contributed by atoms with Crippen molar-refractivity contribution in [2.45, 2.75) is 33.2 Å². The summed E-state index contributed by atoms with van der Waals surface area (Å²) in [5.41, 5.74) is -0.253. The Hall–Kier alpha value is -2.96. The van der Waals surface area contributed by atoms with Gasteiger partial charge in [0.2, 0.25) is 0 Å². The van der Waals surface area contributed by atoms with Crippen LogP contribution in [0.4, 0.5) is 25.0 Å². The summed E-state index contributed by atoms with van der Waals surface area (Å²) in [5.74, 6) is -1.78. The Balaban J connectivity index is 2.36. The van der Waals surface area contributed by atoms with E-state index in [-0.39, 0.29) is 22.5 Å². The molecule has 0 aliphatic rings. The first kappa shape index (κ1) is 19.4. The normalized spacial score (nSPS) is 11.2. The van der Waals surface area contributed by atoms with Gasteiger partial charge in [-0.25, -0.2) is 13.6 Å². The van der Waals surface area contributed by atoms with E-state index in [9.17, 15) is 23.5 Å². The number of nitrogens with zero attached hydrogens (tertiary/aromatic N) is 1. The van der Waals surface area contributed by atoms with Gasteiger partial charge in [-0.05, 0) is 69.7 Å². The van der Waals surface area contributed by atoms with Crippen LogP contribution in [0, 0.1) is 18.6 Å². The molecule has 0 radical (unpaired) electrons. The maximum Gasteiger partial charge on any atom is 0.412 e. The van der Waals surface area contributed by atoms with Crippen molar-refractivity contribution >= 4 is 23.4 Å². The number of carbonyl (C=O) groups is 2. The van der Waals surface area contributed by atoms with E-state index in [0.29, 0.717) is 0 Å². The Morgan fingerprint density at radius 2 is 1.65 bits per heavy atom. The smallest absolute Gasteiger partial charge is 0.412 e. The zero-order valence-electron chi connectivity index (χ0n) is 14.9. The molecular weight excluding hydrogens is 342 g/mol. The molecule has 26 heavy (non-hydrogen) atoms. The van der Waals surface area contributed by atoms with Crippen LogP contribution >= 0.6 is 0 Å². The average Bonchev–Trinajstić information content (AvgIpc) is 2.51. The molecule has 2 aromatic rings. The average molecular weight is 362 g/mol. The molecule has 0 unspecified atom stereocenters. The van der Waals surface area contributed by atoms with Gasteiger partial charge in [0.25, 0.3) is 5.91 Å². The van der Waals surface area contributed by atoms with E-state index in [4.69, 9.17) is 0 Å². The molecule has 5 nitrogen and oxygen atoms in total. The van der Waals surface area contributed by atoms with Crippen LogP contribution in [-0.2, 0) is 0 Å². The molecule has 0 spiro atoms. The molecule has 2 rings (SSSR count). The van der Waals surface area contributed by atoms with E-state index >= 15 is 0 Å². The van der Waals surface area contributed by atoms with Crippen molar-refractivity contribution in [2.24, 2.45) is 0 Å². The Morgan fingerprint density at radius 1 is 1.04 bits per heavy atom. The Bertz CT molecular complexity index is 860. The van der Waals surface area contributed by atoms with Crippen molar-refractivity contribution in [3.8, 4) is 0 Å². The van der Waals surface area contributed by atoms with Crippen molar-refractivity contribution in [1.29, 1.82) is 0 Å². The standard InChI is InChI=1S/C19H20F2N2O3/c1-11-9-12(5-7-14(11)20)17(24)22-16-10-13(6-8-15(16)21)23(18(25)26)19(2,3)4/h5-10H,1-4H3,(H,22,24)(H,25,26). The van der Waals surface area contributed by atoms with Gasteiger partial charge in [0.1, 0.15) is 11.6 Å². The number of hydrogen-bond donors (Lipinski definition) is 2. The zero-order chi connectivity index (χ0) is 19.6. The number of halogens is 2. The maximum atomic E-state index is 14.1. The first-order valence-electron chi connectivity index (χ1n) is 7.91. The molecule has 0 aliphatic heterocycles. The highest BCUT2D eigenvalue weighted by molar-refractivity contribution is 6.04. The van der Waals surface area contributed by atoms with Crippen LogP contribution in [0.1, 0.15) is 36.7 Å². The van der Waals surface area contributed by atoms with Crippen LogP contribution in [0.5, 0.6) is 0 Å². The molecular formula is C19H20F2N2O3. The Labute approximate surface area is 150 Å². The molecule has 7 heteroatoms. The summed E-state index contributed by atoms with van der Waals surface area (Å²) in [5, 5.41) is 11.9. The lowest BCUT2D eigenvalue weighted by Crippen LogP contribution is -2.45. The molecule has 0 bridgehead atoms. The second kappa shape index (κ2) is 7.11. The number of hydrogen-bond acceptors (Lipinski definition) is 2. The Kier molecular flexibility index (Phi) is 5.30. The molecule has 138 valence electrons. The van der Waals surface area contributed by atoms with E-state index in [1.165, 1.54) is 31.2 Å². The maximum absolute atomic E-state index is 14.1. The molecule has 0 aromatic heterocycles.